The fourth-order valence-corrected chi connectivity index (χ4v) is 2.22. The number of aromatic nitrogens is 2. The van der Waals surface area contributed by atoms with Crippen LogP contribution in [0.3, 0.4) is 0 Å². The van der Waals surface area contributed by atoms with Crippen LogP contribution in [0.5, 0.6) is 0 Å². The van der Waals surface area contributed by atoms with Crippen molar-refractivity contribution in [3.63, 3.8) is 0 Å². The molecule has 1 aromatic heterocycles. The second-order valence-electron chi connectivity index (χ2n) is 4.84. The van der Waals surface area contributed by atoms with Crippen molar-refractivity contribution in [2.24, 2.45) is 0 Å². The smallest absolute Gasteiger partial charge is 0.254 e. The number of H-pyrrole nitrogens is 1. The predicted molar refractivity (Wildman–Crippen MR) is 78.4 cm³/mol. The van der Waals surface area contributed by atoms with Crippen LogP contribution in [0.4, 0.5) is 4.39 Å². The maximum atomic E-state index is 13.5. The first-order valence-electron chi connectivity index (χ1n) is 6.61. The van der Waals surface area contributed by atoms with Gasteiger partial charge in [-0.1, -0.05) is 18.2 Å². The number of amides is 1. The maximum absolute atomic E-state index is 13.5. The minimum absolute atomic E-state index is 0.0518. The molecule has 0 unspecified atom stereocenters. The number of nitrogens with one attached hydrogen (secondary N) is 2. The molecule has 0 aliphatic carbocycles. The van der Waals surface area contributed by atoms with Gasteiger partial charge in [-0.2, -0.15) is 0 Å². The monoisotopic (exact) mass is 283 g/mol. The number of hydrogen-bond acceptors (Lipinski definition) is 2. The molecule has 1 heterocycles. The van der Waals surface area contributed by atoms with Gasteiger partial charge in [-0.05, 0) is 36.8 Å². The standard InChI is InChI=1S/C16H14FN3O/c1-10-19-14-7-6-11(8-15(14)20-10)9-18-16(21)12-4-2-3-5-13(12)17/h2-8H,9H2,1H3,(H,18,21)(H,19,20). The lowest BCUT2D eigenvalue weighted by atomic mass is 10.1. The van der Waals surface area contributed by atoms with Crippen molar-refractivity contribution in [3.8, 4) is 0 Å². The highest BCUT2D eigenvalue weighted by Crippen LogP contribution is 2.14. The quantitative estimate of drug-likeness (QED) is 0.776. The molecule has 0 saturated heterocycles. The van der Waals surface area contributed by atoms with Crippen molar-refractivity contribution < 1.29 is 9.18 Å². The second kappa shape index (κ2) is 5.36. The molecule has 21 heavy (non-hydrogen) atoms. The van der Waals surface area contributed by atoms with E-state index in [1.165, 1.54) is 12.1 Å². The van der Waals surface area contributed by atoms with E-state index in [9.17, 15) is 9.18 Å². The van der Waals surface area contributed by atoms with Crippen LogP contribution in [-0.2, 0) is 6.54 Å². The fourth-order valence-electron chi connectivity index (χ4n) is 2.22. The van der Waals surface area contributed by atoms with E-state index < -0.39 is 11.7 Å². The lowest BCUT2D eigenvalue weighted by Crippen LogP contribution is -2.23. The van der Waals surface area contributed by atoms with E-state index >= 15 is 0 Å². The third kappa shape index (κ3) is 2.76. The van der Waals surface area contributed by atoms with E-state index in [-0.39, 0.29) is 5.56 Å². The summed E-state index contributed by atoms with van der Waals surface area (Å²) < 4.78 is 13.5. The number of benzene rings is 2. The Hall–Kier alpha value is -2.69. The van der Waals surface area contributed by atoms with Gasteiger partial charge in [0.1, 0.15) is 11.6 Å². The largest absolute Gasteiger partial charge is 0.348 e. The Morgan fingerprint density at radius 1 is 1.29 bits per heavy atom. The zero-order chi connectivity index (χ0) is 14.8. The van der Waals surface area contributed by atoms with Crippen molar-refractivity contribution in [1.29, 1.82) is 0 Å². The summed E-state index contributed by atoms with van der Waals surface area (Å²) in [4.78, 5) is 19.4. The molecule has 5 heteroatoms. The number of aromatic amines is 1. The highest BCUT2D eigenvalue weighted by Gasteiger charge is 2.10. The number of hydrogen-bond donors (Lipinski definition) is 2. The summed E-state index contributed by atoms with van der Waals surface area (Å²) >= 11 is 0. The van der Waals surface area contributed by atoms with E-state index in [4.69, 9.17) is 0 Å². The van der Waals surface area contributed by atoms with Crippen LogP contribution in [0.25, 0.3) is 11.0 Å². The summed E-state index contributed by atoms with van der Waals surface area (Å²) in [5.41, 5.74) is 2.79. The molecule has 0 aliphatic rings. The van der Waals surface area contributed by atoms with E-state index in [1.807, 2.05) is 25.1 Å². The molecule has 0 fully saturated rings. The Kier molecular flexibility index (Phi) is 3.39. The SMILES string of the molecule is Cc1nc2ccc(CNC(=O)c3ccccc3F)cc2[nH]1. The lowest BCUT2D eigenvalue weighted by molar-refractivity contribution is 0.0947. The first kappa shape index (κ1) is 13.3. The number of aryl methyl sites for hydroxylation is 1. The van der Waals surface area contributed by atoms with Crippen molar-refractivity contribution in [2.75, 3.05) is 0 Å². The van der Waals surface area contributed by atoms with Crippen molar-refractivity contribution in [3.05, 3.63) is 65.2 Å². The van der Waals surface area contributed by atoms with Crippen LogP contribution < -0.4 is 5.32 Å². The van der Waals surface area contributed by atoms with Gasteiger partial charge in [0, 0.05) is 6.54 Å². The molecule has 3 aromatic rings. The summed E-state index contributed by atoms with van der Waals surface area (Å²) in [6, 6.07) is 11.6. The first-order chi connectivity index (χ1) is 10.1. The van der Waals surface area contributed by atoms with E-state index in [1.54, 1.807) is 12.1 Å². The van der Waals surface area contributed by atoms with Gasteiger partial charge in [-0.15, -0.1) is 0 Å². The van der Waals surface area contributed by atoms with Gasteiger partial charge in [0.15, 0.2) is 0 Å². The topological polar surface area (TPSA) is 57.8 Å². The van der Waals surface area contributed by atoms with E-state index in [0.29, 0.717) is 6.54 Å². The number of fused-ring (bicyclic) bond motifs is 1. The Bertz CT molecular complexity index is 810. The minimum atomic E-state index is -0.519. The third-order valence-corrected chi connectivity index (χ3v) is 3.24. The Morgan fingerprint density at radius 3 is 2.90 bits per heavy atom. The molecule has 1 amide bonds. The number of carbonyl (C=O) groups excluding carboxylic acids is 1. The lowest BCUT2D eigenvalue weighted by Gasteiger charge is -2.06. The molecule has 106 valence electrons. The summed E-state index contributed by atoms with van der Waals surface area (Å²) in [5, 5.41) is 2.71. The zero-order valence-electron chi connectivity index (χ0n) is 11.5. The number of carbonyl (C=O) groups is 1. The summed E-state index contributed by atoms with van der Waals surface area (Å²) in [7, 11) is 0. The predicted octanol–water partition coefficient (Wildman–Crippen LogP) is 2.94. The molecule has 2 N–H and O–H groups in total. The van der Waals surface area contributed by atoms with Crippen molar-refractivity contribution in [2.45, 2.75) is 13.5 Å². The van der Waals surface area contributed by atoms with Gasteiger partial charge in [0.25, 0.3) is 5.91 Å². The van der Waals surface area contributed by atoms with Crippen LogP contribution in [0.1, 0.15) is 21.7 Å². The summed E-state index contributed by atoms with van der Waals surface area (Å²) in [6.45, 7) is 2.22. The molecule has 4 nitrogen and oxygen atoms in total. The van der Waals surface area contributed by atoms with Crippen LogP contribution in [0.15, 0.2) is 42.5 Å². The third-order valence-electron chi connectivity index (χ3n) is 3.24. The molecular weight excluding hydrogens is 269 g/mol. The molecule has 0 saturated carbocycles. The molecule has 0 atom stereocenters. The molecule has 0 aliphatic heterocycles. The molecule has 3 rings (SSSR count). The fraction of sp³-hybridized carbons (Fsp3) is 0.125. The first-order valence-corrected chi connectivity index (χ1v) is 6.61. The van der Waals surface area contributed by atoms with Crippen LogP contribution >= 0.6 is 0 Å². The Balaban J connectivity index is 1.74. The number of rotatable bonds is 3. The van der Waals surface area contributed by atoms with Crippen molar-refractivity contribution in [1.82, 2.24) is 15.3 Å². The van der Waals surface area contributed by atoms with E-state index in [0.717, 1.165) is 22.4 Å². The van der Waals surface area contributed by atoms with Crippen LogP contribution in [0, 0.1) is 12.7 Å². The van der Waals surface area contributed by atoms with Gasteiger partial charge in [-0.25, -0.2) is 9.37 Å². The van der Waals surface area contributed by atoms with Crippen LogP contribution in [-0.4, -0.2) is 15.9 Å². The van der Waals surface area contributed by atoms with E-state index in [2.05, 4.69) is 15.3 Å². The molecular formula is C16H14FN3O. The van der Waals surface area contributed by atoms with Gasteiger partial charge in [0.2, 0.25) is 0 Å². The maximum Gasteiger partial charge on any atom is 0.254 e. The highest BCUT2D eigenvalue weighted by atomic mass is 19.1. The van der Waals surface area contributed by atoms with Gasteiger partial charge in [0.05, 0.1) is 16.6 Å². The average Bonchev–Trinajstić information content (AvgIpc) is 2.84. The van der Waals surface area contributed by atoms with Crippen molar-refractivity contribution >= 4 is 16.9 Å². The minimum Gasteiger partial charge on any atom is -0.348 e. The second-order valence-corrected chi connectivity index (χ2v) is 4.84. The summed E-state index contributed by atoms with van der Waals surface area (Å²) in [5.74, 6) is -0.0961. The Labute approximate surface area is 121 Å². The molecule has 0 radical (unpaired) electrons. The normalized spacial score (nSPS) is 10.8. The highest BCUT2D eigenvalue weighted by molar-refractivity contribution is 5.94. The number of nitrogens with zero attached hydrogens (tertiary/aromatic N) is 1. The Morgan fingerprint density at radius 2 is 2.10 bits per heavy atom. The molecule has 0 spiro atoms. The van der Waals surface area contributed by atoms with Gasteiger partial charge < -0.3 is 10.3 Å². The average molecular weight is 283 g/mol. The zero-order valence-corrected chi connectivity index (χ0v) is 11.5. The summed E-state index contributed by atoms with van der Waals surface area (Å²) in [6.07, 6.45) is 0. The number of halogens is 1. The van der Waals surface area contributed by atoms with Crippen LogP contribution in [0.2, 0.25) is 0 Å². The molecule has 0 bridgehead atoms. The van der Waals surface area contributed by atoms with Gasteiger partial charge >= 0.3 is 0 Å². The number of imidazole rings is 1. The van der Waals surface area contributed by atoms with Gasteiger partial charge in [-0.3, -0.25) is 4.79 Å². The molecule has 2 aromatic carbocycles.